The van der Waals surface area contributed by atoms with E-state index in [-0.39, 0.29) is 0 Å². The molecule has 2 aromatic rings. The molecule has 112 valence electrons. The summed E-state index contributed by atoms with van der Waals surface area (Å²) in [5, 5.41) is 1.07. The fraction of sp³-hybridized carbons (Fsp3) is 0.438. The van der Waals surface area contributed by atoms with Gasteiger partial charge >= 0.3 is 0 Å². The highest BCUT2D eigenvalue weighted by Crippen LogP contribution is 2.29. The topological polar surface area (TPSA) is 30.3 Å². The van der Waals surface area contributed by atoms with Crippen LogP contribution in [0.5, 0.6) is 0 Å². The Hall–Kier alpha value is -1.46. The highest BCUT2D eigenvalue weighted by Gasteiger charge is 2.19. The van der Waals surface area contributed by atoms with Crippen molar-refractivity contribution in [2.75, 3.05) is 37.0 Å². The smallest absolute Gasteiger partial charge is 0.174 e. The van der Waals surface area contributed by atoms with Gasteiger partial charge in [0.1, 0.15) is 5.82 Å². The first-order chi connectivity index (χ1) is 10.4. The van der Waals surface area contributed by atoms with Crippen molar-refractivity contribution in [2.45, 2.75) is 18.5 Å². The molecule has 0 unspecified atom stereocenters. The number of thioether (sulfide) groups is 1. The van der Waals surface area contributed by atoms with Crippen molar-refractivity contribution in [3.63, 3.8) is 0 Å². The van der Waals surface area contributed by atoms with E-state index < -0.39 is 0 Å². The lowest BCUT2D eigenvalue weighted by Crippen LogP contribution is -2.37. The van der Waals surface area contributed by atoms with E-state index in [1.807, 2.05) is 24.0 Å². The van der Waals surface area contributed by atoms with Gasteiger partial charge in [0.15, 0.2) is 5.16 Å². The summed E-state index contributed by atoms with van der Waals surface area (Å²) in [5.74, 6) is 2.26. The first-order valence-corrected chi connectivity index (χ1v) is 8.47. The summed E-state index contributed by atoms with van der Waals surface area (Å²) in [4.78, 5) is 7.01. The Morgan fingerprint density at radius 2 is 1.95 bits per heavy atom. The van der Waals surface area contributed by atoms with Crippen molar-refractivity contribution in [3.8, 4) is 5.69 Å². The molecule has 1 fully saturated rings. The predicted molar refractivity (Wildman–Crippen MR) is 87.6 cm³/mol. The molecule has 0 radical (unpaired) electrons. The Morgan fingerprint density at radius 1 is 1.19 bits per heavy atom. The number of hydrogen-bond acceptors (Lipinski definition) is 4. The molecule has 0 aliphatic carbocycles. The molecule has 21 heavy (non-hydrogen) atoms. The highest BCUT2D eigenvalue weighted by molar-refractivity contribution is 7.99. The molecular weight excluding hydrogens is 282 g/mol. The fourth-order valence-corrected chi connectivity index (χ4v) is 3.30. The molecule has 0 saturated carbocycles. The molecule has 1 aromatic heterocycles. The standard InChI is InChI=1S/C16H21N3OS/c1-2-12-21-16-17-13-15(18-8-10-20-11-9-18)19(16)14-6-4-3-5-7-14/h3-7,13H,2,8-12H2,1H3. The van der Waals surface area contributed by atoms with Crippen LogP contribution in [0.15, 0.2) is 41.7 Å². The number of aromatic nitrogens is 2. The highest BCUT2D eigenvalue weighted by atomic mass is 32.2. The molecule has 1 aliphatic rings. The summed E-state index contributed by atoms with van der Waals surface area (Å²) >= 11 is 1.82. The van der Waals surface area contributed by atoms with Crippen molar-refractivity contribution in [1.82, 2.24) is 9.55 Å². The zero-order valence-electron chi connectivity index (χ0n) is 12.4. The van der Waals surface area contributed by atoms with Gasteiger partial charge in [-0.1, -0.05) is 36.9 Å². The molecule has 3 rings (SSSR count). The maximum absolute atomic E-state index is 5.46. The van der Waals surface area contributed by atoms with Gasteiger partial charge in [0.2, 0.25) is 0 Å². The lowest BCUT2D eigenvalue weighted by Gasteiger charge is -2.29. The van der Waals surface area contributed by atoms with Crippen LogP contribution < -0.4 is 4.90 Å². The van der Waals surface area contributed by atoms with Crippen LogP contribution in [0, 0.1) is 0 Å². The van der Waals surface area contributed by atoms with E-state index in [0.717, 1.165) is 43.6 Å². The summed E-state index contributed by atoms with van der Waals surface area (Å²) < 4.78 is 7.73. The lowest BCUT2D eigenvalue weighted by atomic mass is 10.3. The molecule has 1 aliphatic heterocycles. The minimum atomic E-state index is 0.789. The molecule has 0 atom stereocenters. The summed E-state index contributed by atoms with van der Waals surface area (Å²) in [6, 6.07) is 10.5. The number of para-hydroxylation sites is 1. The van der Waals surface area contributed by atoms with Crippen LogP contribution in [-0.2, 0) is 4.74 Å². The van der Waals surface area contributed by atoms with E-state index in [4.69, 9.17) is 4.74 Å². The zero-order valence-corrected chi connectivity index (χ0v) is 13.2. The van der Waals surface area contributed by atoms with E-state index in [2.05, 4.69) is 45.6 Å². The van der Waals surface area contributed by atoms with Crippen LogP contribution in [0.25, 0.3) is 5.69 Å². The molecule has 0 N–H and O–H groups in total. The quantitative estimate of drug-likeness (QED) is 0.794. The van der Waals surface area contributed by atoms with Crippen molar-refractivity contribution < 1.29 is 4.74 Å². The summed E-state index contributed by atoms with van der Waals surface area (Å²) in [6.45, 7) is 5.63. The van der Waals surface area contributed by atoms with E-state index in [0.29, 0.717) is 0 Å². The van der Waals surface area contributed by atoms with Gasteiger partial charge in [-0.05, 0) is 18.6 Å². The first kappa shape index (κ1) is 14.5. The van der Waals surface area contributed by atoms with Gasteiger partial charge < -0.3 is 9.64 Å². The fourth-order valence-electron chi connectivity index (χ4n) is 2.46. The van der Waals surface area contributed by atoms with Gasteiger partial charge in [-0.3, -0.25) is 4.57 Å². The van der Waals surface area contributed by atoms with Gasteiger partial charge in [0.25, 0.3) is 0 Å². The summed E-state index contributed by atoms with van der Waals surface area (Å²) in [6.07, 6.45) is 3.15. The number of rotatable bonds is 5. The van der Waals surface area contributed by atoms with Crippen LogP contribution in [0.1, 0.15) is 13.3 Å². The number of ether oxygens (including phenoxy) is 1. The van der Waals surface area contributed by atoms with Gasteiger partial charge in [-0.2, -0.15) is 0 Å². The predicted octanol–water partition coefficient (Wildman–Crippen LogP) is 3.21. The third-order valence-electron chi connectivity index (χ3n) is 3.50. The number of morpholine rings is 1. The zero-order chi connectivity index (χ0) is 14.5. The number of imidazole rings is 1. The lowest BCUT2D eigenvalue weighted by molar-refractivity contribution is 0.122. The molecular formula is C16H21N3OS. The number of anilines is 1. The minimum Gasteiger partial charge on any atom is -0.378 e. The summed E-state index contributed by atoms with van der Waals surface area (Å²) in [7, 11) is 0. The van der Waals surface area contributed by atoms with Crippen LogP contribution >= 0.6 is 11.8 Å². The van der Waals surface area contributed by atoms with Crippen molar-refractivity contribution in [1.29, 1.82) is 0 Å². The monoisotopic (exact) mass is 303 g/mol. The third-order valence-corrected chi connectivity index (χ3v) is 4.65. The average molecular weight is 303 g/mol. The molecule has 0 amide bonds. The maximum Gasteiger partial charge on any atom is 0.174 e. The SMILES string of the molecule is CCCSc1ncc(N2CCOCC2)n1-c1ccccc1. The second-order valence-electron chi connectivity index (χ2n) is 5.02. The van der Waals surface area contributed by atoms with Crippen molar-refractivity contribution in [3.05, 3.63) is 36.5 Å². The Balaban J connectivity index is 1.97. The van der Waals surface area contributed by atoms with Crippen LogP contribution in [0.3, 0.4) is 0 Å². The van der Waals surface area contributed by atoms with Gasteiger partial charge in [0.05, 0.1) is 19.4 Å². The van der Waals surface area contributed by atoms with Gasteiger partial charge in [-0.15, -0.1) is 0 Å². The van der Waals surface area contributed by atoms with E-state index in [9.17, 15) is 0 Å². The van der Waals surface area contributed by atoms with E-state index in [1.54, 1.807) is 0 Å². The second kappa shape index (κ2) is 7.00. The van der Waals surface area contributed by atoms with Gasteiger partial charge in [0, 0.05) is 24.5 Å². The largest absolute Gasteiger partial charge is 0.378 e. The number of benzene rings is 1. The Labute approximate surface area is 130 Å². The normalized spacial score (nSPS) is 15.4. The minimum absolute atomic E-state index is 0.789. The van der Waals surface area contributed by atoms with Crippen molar-refractivity contribution >= 4 is 17.6 Å². The Bertz CT molecular complexity index is 564. The number of nitrogens with zero attached hydrogens (tertiary/aromatic N) is 3. The molecule has 0 spiro atoms. The second-order valence-corrected chi connectivity index (χ2v) is 6.08. The summed E-state index contributed by atoms with van der Waals surface area (Å²) in [5.41, 5.74) is 1.18. The molecule has 0 bridgehead atoms. The number of hydrogen-bond donors (Lipinski definition) is 0. The van der Waals surface area contributed by atoms with Gasteiger partial charge in [-0.25, -0.2) is 4.98 Å². The molecule has 2 heterocycles. The molecule has 4 nitrogen and oxygen atoms in total. The van der Waals surface area contributed by atoms with E-state index in [1.165, 1.54) is 11.5 Å². The van der Waals surface area contributed by atoms with Crippen LogP contribution in [0.4, 0.5) is 5.82 Å². The van der Waals surface area contributed by atoms with E-state index >= 15 is 0 Å². The third kappa shape index (κ3) is 3.24. The first-order valence-electron chi connectivity index (χ1n) is 7.49. The average Bonchev–Trinajstić information content (AvgIpc) is 2.98. The van der Waals surface area contributed by atoms with Crippen LogP contribution in [-0.4, -0.2) is 41.6 Å². The molecule has 5 heteroatoms. The van der Waals surface area contributed by atoms with Crippen molar-refractivity contribution in [2.24, 2.45) is 0 Å². The maximum atomic E-state index is 5.46. The molecule has 1 aromatic carbocycles. The Kier molecular flexibility index (Phi) is 4.83. The Morgan fingerprint density at radius 3 is 2.67 bits per heavy atom. The van der Waals surface area contributed by atoms with Crippen LogP contribution in [0.2, 0.25) is 0 Å². The molecule has 1 saturated heterocycles.